The molecule has 0 aliphatic carbocycles. The molecule has 2 N–H and O–H groups in total. The second kappa shape index (κ2) is 2.69. The predicted molar refractivity (Wildman–Crippen MR) is 48.0 cm³/mol. The fourth-order valence-corrected chi connectivity index (χ4v) is 2.20. The van der Waals surface area contributed by atoms with Crippen LogP contribution in [0.15, 0.2) is 0 Å². The van der Waals surface area contributed by atoms with Gasteiger partial charge in [0.25, 0.3) is 0 Å². The molecular weight excluding hydrogens is 168 g/mol. The fourth-order valence-electron chi connectivity index (χ4n) is 2.20. The molecule has 1 amide bonds. The summed E-state index contributed by atoms with van der Waals surface area (Å²) in [4.78, 5) is 11.1. The maximum atomic E-state index is 11.8. The summed E-state index contributed by atoms with van der Waals surface area (Å²) in [6, 6.07) is 0. The van der Waals surface area contributed by atoms with Crippen LogP contribution in [0.5, 0.6) is 0 Å². The lowest BCUT2D eigenvalue weighted by molar-refractivity contribution is -0.247. The fraction of sp³-hybridized carbons (Fsp3) is 0.889. The van der Waals surface area contributed by atoms with E-state index in [1.165, 1.54) is 0 Å². The average Bonchev–Trinajstić information content (AvgIpc) is 2.11. The summed E-state index contributed by atoms with van der Waals surface area (Å²) in [6.45, 7) is 7.21. The molecule has 1 atom stereocenters. The van der Waals surface area contributed by atoms with Crippen LogP contribution in [0.2, 0.25) is 0 Å². The number of carbonyl (C=O) groups is 1. The molecule has 1 aliphatic rings. The minimum absolute atomic E-state index is 0.347. The van der Waals surface area contributed by atoms with Crippen LogP contribution in [0.25, 0.3) is 0 Å². The van der Waals surface area contributed by atoms with E-state index in [0.29, 0.717) is 6.42 Å². The Morgan fingerprint density at radius 3 is 2.00 bits per heavy atom. The molecule has 0 spiro atoms. The molecule has 4 heteroatoms. The lowest BCUT2D eigenvalue weighted by Gasteiger charge is -2.32. The molecule has 0 bridgehead atoms. The van der Waals surface area contributed by atoms with Gasteiger partial charge in [-0.05, 0) is 34.1 Å². The molecular formula is C9H17N2O2. The quantitative estimate of drug-likeness (QED) is 0.653. The normalized spacial score (nSPS) is 31.9. The van der Waals surface area contributed by atoms with E-state index in [9.17, 15) is 10.0 Å². The molecule has 1 heterocycles. The molecule has 0 aromatic carbocycles. The third kappa shape index (κ3) is 1.44. The highest BCUT2D eigenvalue weighted by atomic mass is 16.5. The van der Waals surface area contributed by atoms with Gasteiger partial charge in [0.15, 0.2) is 0 Å². The van der Waals surface area contributed by atoms with E-state index in [2.05, 4.69) is 0 Å². The maximum absolute atomic E-state index is 11.8. The second-order valence-electron chi connectivity index (χ2n) is 4.92. The van der Waals surface area contributed by atoms with Gasteiger partial charge in [-0.25, -0.2) is 0 Å². The smallest absolute Gasteiger partial charge is 0.222 e. The number of hydrogen-bond donors (Lipinski definition) is 1. The minimum Gasteiger partial charge on any atom is -0.369 e. The number of carbonyl (C=O) groups excluding carboxylic acids is 1. The van der Waals surface area contributed by atoms with Gasteiger partial charge in [0.05, 0.1) is 11.5 Å². The first kappa shape index (κ1) is 10.5. The van der Waals surface area contributed by atoms with Crippen molar-refractivity contribution >= 4 is 5.91 Å². The second-order valence-corrected chi connectivity index (χ2v) is 4.92. The van der Waals surface area contributed by atoms with Gasteiger partial charge in [0.1, 0.15) is 0 Å². The number of amides is 1. The van der Waals surface area contributed by atoms with E-state index in [4.69, 9.17) is 5.73 Å². The van der Waals surface area contributed by atoms with Crippen LogP contribution in [-0.2, 0) is 10.0 Å². The van der Waals surface area contributed by atoms with Crippen LogP contribution >= 0.6 is 0 Å². The number of nitrogens with two attached hydrogens (primary N) is 1. The largest absolute Gasteiger partial charge is 0.369 e. The van der Waals surface area contributed by atoms with Gasteiger partial charge in [0.2, 0.25) is 5.91 Å². The zero-order valence-electron chi connectivity index (χ0n) is 8.63. The SMILES string of the molecule is CC1(C)C[C@H](C(N)=O)C(C)(C)N1[O]. The summed E-state index contributed by atoms with van der Waals surface area (Å²) in [5.41, 5.74) is 4.10. The highest BCUT2D eigenvalue weighted by molar-refractivity contribution is 5.78. The number of primary amides is 1. The Bertz CT molecular complexity index is 236. The predicted octanol–water partition coefficient (Wildman–Crippen LogP) is 0.696. The van der Waals surface area contributed by atoms with E-state index >= 15 is 0 Å². The van der Waals surface area contributed by atoms with E-state index in [1.54, 1.807) is 13.8 Å². The minimum atomic E-state index is -0.671. The Hall–Kier alpha value is -0.610. The number of nitrogens with zero attached hydrogens (tertiary/aromatic N) is 1. The van der Waals surface area contributed by atoms with Crippen LogP contribution in [-0.4, -0.2) is 22.0 Å². The molecule has 1 saturated heterocycles. The standard InChI is InChI=1S/C9H17N2O2/c1-8(2)5-6(7(10)12)9(3,4)11(8)13/h6H,5H2,1-4H3,(H2,10,12)/t6-/m1/s1. The molecule has 1 fully saturated rings. The van der Waals surface area contributed by atoms with Crippen LogP contribution in [0.4, 0.5) is 0 Å². The monoisotopic (exact) mass is 185 g/mol. The van der Waals surface area contributed by atoms with Crippen LogP contribution < -0.4 is 5.73 Å². The van der Waals surface area contributed by atoms with Gasteiger partial charge in [-0.2, -0.15) is 0 Å². The van der Waals surface area contributed by atoms with Crippen LogP contribution in [0.3, 0.4) is 0 Å². The first-order valence-electron chi connectivity index (χ1n) is 4.46. The van der Waals surface area contributed by atoms with Crippen molar-refractivity contribution in [3.63, 3.8) is 0 Å². The van der Waals surface area contributed by atoms with Gasteiger partial charge in [-0.1, -0.05) is 0 Å². The summed E-state index contributed by atoms with van der Waals surface area (Å²) < 4.78 is 0. The van der Waals surface area contributed by atoms with Crippen LogP contribution in [0, 0.1) is 5.92 Å². The summed E-state index contributed by atoms with van der Waals surface area (Å²) in [5.74, 6) is -0.726. The third-order valence-electron chi connectivity index (χ3n) is 2.97. The third-order valence-corrected chi connectivity index (χ3v) is 2.97. The van der Waals surface area contributed by atoms with Crippen molar-refractivity contribution in [3.8, 4) is 0 Å². The van der Waals surface area contributed by atoms with E-state index in [0.717, 1.165) is 5.06 Å². The first-order chi connectivity index (χ1) is 5.69. The molecule has 13 heavy (non-hydrogen) atoms. The van der Waals surface area contributed by atoms with Gasteiger partial charge >= 0.3 is 0 Å². The van der Waals surface area contributed by atoms with Crippen molar-refractivity contribution in [1.82, 2.24) is 5.06 Å². The van der Waals surface area contributed by atoms with Gasteiger partial charge < -0.3 is 5.73 Å². The zero-order chi connectivity index (χ0) is 10.4. The Morgan fingerprint density at radius 1 is 1.38 bits per heavy atom. The highest BCUT2D eigenvalue weighted by Crippen LogP contribution is 2.43. The summed E-state index contributed by atoms with van der Waals surface area (Å²) in [7, 11) is 0. The van der Waals surface area contributed by atoms with Gasteiger partial charge in [-0.3, -0.25) is 4.79 Å². The van der Waals surface area contributed by atoms with Crippen molar-refractivity contribution in [2.45, 2.75) is 45.2 Å². The van der Waals surface area contributed by atoms with Crippen molar-refractivity contribution in [2.75, 3.05) is 0 Å². The zero-order valence-corrected chi connectivity index (χ0v) is 8.63. The Kier molecular flexibility index (Phi) is 2.16. The molecule has 1 radical (unpaired) electrons. The van der Waals surface area contributed by atoms with Gasteiger partial charge in [0, 0.05) is 5.54 Å². The van der Waals surface area contributed by atoms with E-state index in [1.807, 2.05) is 13.8 Å². The highest BCUT2D eigenvalue weighted by Gasteiger charge is 2.54. The Balaban J connectivity index is 3.00. The first-order valence-corrected chi connectivity index (χ1v) is 4.46. The lowest BCUT2D eigenvalue weighted by Crippen LogP contribution is -2.48. The molecule has 0 unspecified atom stereocenters. The van der Waals surface area contributed by atoms with Gasteiger partial charge in [-0.15, -0.1) is 10.3 Å². The van der Waals surface area contributed by atoms with E-state index < -0.39 is 11.1 Å². The average molecular weight is 185 g/mol. The molecule has 1 aliphatic heterocycles. The summed E-state index contributed by atoms with van der Waals surface area (Å²) in [5, 5.41) is 12.8. The topological polar surface area (TPSA) is 66.2 Å². The summed E-state index contributed by atoms with van der Waals surface area (Å²) in [6.07, 6.45) is 0.541. The molecule has 75 valence electrons. The Labute approximate surface area is 78.7 Å². The van der Waals surface area contributed by atoms with Crippen LogP contribution in [0.1, 0.15) is 34.1 Å². The number of hydroxylamine groups is 2. The Morgan fingerprint density at radius 2 is 1.85 bits per heavy atom. The summed E-state index contributed by atoms with van der Waals surface area (Å²) >= 11 is 0. The number of hydrogen-bond acceptors (Lipinski definition) is 2. The van der Waals surface area contributed by atoms with Crippen molar-refractivity contribution in [3.05, 3.63) is 0 Å². The molecule has 0 saturated carbocycles. The molecule has 4 nitrogen and oxygen atoms in total. The van der Waals surface area contributed by atoms with E-state index in [-0.39, 0.29) is 11.8 Å². The lowest BCUT2D eigenvalue weighted by atomic mass is 9.86. The van der Waals surface area contributed by atoms with Crippen molar-refractivity contribution < 1.29 is 10.0 Å². The van der Waals surface area contributed by atoms with Crippen molar-refractivity contribution in [2.24, 2.45) is 11.7 Å². The molecule has 0 aromatic rings. The molecule has 1 rings (SSSR count). The van der Waals surface area contributed by atoms with Crippen molar-refractivity contribution in [1.29, 1.82) is 0 Å². The number of rotatable bonds is 1. The molecule has 0 aromatic heterocycles. The maximum Gasteiger partial charge on any atom is 0.222 e.